The van der Waals surface area contributed by atoms with Crippen LogP contribution in [0.4, 0.5) is 10.2 Å². The fraction of sp³-hybridized carbons (Fsp3) is 0.136. The minimum Gasteiger partial charge on any atom is -0.450 e. The Balaban J connectivity index is 1.84. The molecule has 1 unspecified atom stereocenters. The average molecular weight is 425 g/mol. The number of amides is 1. The first kappa shape index (κ1) is 18.6. The summed E-state index contributed by atoms with van der Waals surface area (Å²) in [4.78, 5) is 28.0. The minimum absolute atomic E-state index is 0.107. The summed E-state index contributed by atoms with van der Waals surface area (Å²) in [5.74, 6) is -0.466. The highest BCUT2D eigenvalue weighted by molar-refractivity contribution is 6.32. The highest BCUT2D eigenvalue weighted by Crippen LogP contribution is 2.41. The number of fused-ring (bicyclic) bond motifs is 2. The number of halogens is 2. The number of rotatable bonds is 2. The Morgan fingerprint density at radius 2 is 1.93 bits per heavy atom. The number of aryl methyl sites for hydroxylation is 2. The Morgan fingerprint density at radius 3 is 2.63 bits per heavy atom. The standard InChI is InChI=1S/C22H14ClFN2O4/c1-10-6-16-14(9-15(10)23)20(27)18-19(12-4-3-5-13(24)8-12)26(22(28)21(18)29-16)17-7-11(2)30-25-17/h3-9,19H,1-2H3. The number of hydrogen-bond donors (Lipinski definition) is 0. The Labute approximate surface area is 174 Å². The SMILES string of the molecule is Cc1cc(N2C(=O)c3oc4cc(C)c(Cl)cc4c(=O)c3C2c2cccc(F)c2)no1. The van der Waals surface area contributed by atoms with Gasteiger partial charge < -0.3 is 8.94 Å². The predicted octanol–water partition coefficient (Wildman–Crippen LogP) is 4.94. The second-order valence-corrected chi connectivity index (χ2v) is 7.61. The first-order valence-corrected chi connectivity index (χ1v) is 9.52. The third kappa shape index (κ3) is 2.66. The molecule has 0 radical (unpaired) electrons. The van der Waals surface area contributed by atoms with Gasteiger partial charge >= 0.3 is 0 Å². The summed E-state index contributed by atoms with van der Waals surface area (Å²) in [6.45, 7) is 3.46. The molecule has 1 aliphatic heterocycles. The molecule has 6 nitrogen and oxygen atoms in total. The van der Waals surface area contributed by atoms with Crippen LogP contribution in [0.3, 0.4) is 0 Å². The zero-order valence-corrected chi connectivity index (χ0v) is 16.7. The molecule has 0 bridgehead atoms. The van der Waals surface area contributed by atoms with Gasteiger partial charge in [-0.2, -0.15) is 0 Å². The average Bonchev–Trinajstić information content (AvgIpc) is 3.25. The Morgan fingerprint density at radius 1 is 1.13 bits per heavy atom. The van der Waals surface area contributed by atoms with Gasteiger partial charge in [-0.1, -0.05) is 28.9 Å². The van der Waals surface area contributed by atoms with Crippen molar-refractivity contribution in [2.45, 2.75) is 19.9 Å². The Hall–Kier alpha value is -3.45. The first-order valence-electron chi connectivity index (χ1n) is 9.14. The van der Waals surface area contributed by atoms with Gasteiger partial charge in [0.25, 0.3) is 5.91 Å². The largest absolute Gasteiger partial charge is 0.450 e. The number of aromatic nitrogens is 1. The van der Waals surface area contributed by atoms with Gasteiger partial charge in [-0.05, 0) is 49.2 Å². The summed E-state index contributed by atoms with van der Waals surface area (Å²) < 4.78 is 25.0. The van der Waals surface area contributed by atoms with E-state index in [1.54, 1.807) is 32.0 Å². The Bertz CT molecular complexity index is 1410. The topological polar surface area (TPSA) is 76.6 Å². The van der Waals surface area contributed by atoms with E-state index in [0.29, 0.717) is 21.9 Å². The molecule has 4 aromatic rings. The monoisotopic (exact) mass is 424 g/mol. The van der Waals surface area contributed by atoms with Crippen LogP contribution in [0.25, 0.3) is 11.0 Å². The summed E-state index contributed by atoms with van der Waals surface area (Å²) in [5.41, 5.74) is 1.08. The lowest BCUT2D eigenvalue weighted by atomic mass is 9.98. The second kappa shape index (κ2) is 6.53. The van der Waals surface area contributed by atoms with Crippen molar-refractivity contribution in [2.24, 2.45) is 0 Å². The quantitative estimate of drug-likeness (QED) is 0.455. The van der Waals surface area contributed by atoms with Crippen LogP contribution in [0.2, 0.25) is 5.02 Å². The lowest BCUT2D eigenvalue weighted by Crippen LogP contribution is -2.29. The fourth-order valence-electron chi connectivity index (χ4n) is 3.79. The molecule has 30 heavy (non-hydrogen) atoms. The predicted molar refractivity (Wildman–Crippen MR) is 109 cm³/mol. The van der Waals surface area contributed by atoms with Crippen molar-refractivity contribution >= 4 is 34.3 Å². The van der Waals surface area contributed by atoms with E-state index >= 15 is 0 Å². The molecule has 0 saturated heterocycles. The summed E-state index contributed by atoms with van der Waals surface area (Å²) in [6, 6.07) is 9.51. The van der Waals surface area contributed by atoms with Gasteiger partial charge in [-0.15, -0.1) is 0 Å². The van der Waals surface area contributed by atoms with Crippen LogP contribution in [0.5, 0.6) is 0 Å². The van der Waals surface area contributed by atoms with Crippen molar-refractivity contribution in [3.05, 3.63) is 91.7 Å². The van der Waals surface area contributed by atoms with E-state index in [1.165, 1.54) is 29.2 Å². The van der Waals surface area contributed by atoms with Gasteiger partial charge in [0.1, 0.15) is 17.2 Å². The lowest BCUT2D eigenvalue weighted by Gasteiger charge is -2.22. The van der Waals surface area contributed by atoms with Crippen molar-refractivity contribution in [3.63, 3.8) is 0 Å². The molecule has 8 heteroatoms. The highest BCUT2D eigenvalue weighted by atomic mass is 35.5. The summed E-state index contributed by atoms with van der Waals surface area (Å²) in [5, 5.41) is 4.58. The molecule has 2 aromatic heterocycles. The van der Waals surface area contributed by atoms with Gasteiger partial charge in [0.2, 0.25) is 5.76 Å². The molecule has 0 fully saturated rings. The minimum atomic E-state index is -0.923. The van der Waals surface area contributed by atoms with E-state index in [0.717, 1.165) is 0 Å². The molecule has 0 aliphatic carbocycles. The maximum Gasteiger partial charge on any atom is 0.296 e. The van der Waals surface area contributed by atoms with Gasteiger partial charge in [-0.3, -0.25) is 14.5 Å². The zero-order valence-electron chi connectivity index (χ0n) is 15.9. The number of anilines is 1. The fourth-order valence-corrected chi connectivity index (χ4v) is 3.95. The van der Waals surface area contributed by atoms with Crippen LogP contribution in [0.15, 0.2) is 56.2 Å². The van der Waals surface area contributed by atoms with E-state index in [2.05, 4.69) is 5.16 Å². The van der Waals surface area contributed by atoms with E-state index < -0.39 is 23.2 Å². The third-order valence-electron chi connectivity index (χ3n) is 5.18. The van der Waals surface area contributed by atoms with Crippen LogP contribution in [-0.2, 0) is 0 Å². The van der Waals surface area contributed by atoms with Crippen LogP contribution >= 0.6 is 11.6 Å². The van der Waals surface area contributed by atoms with Crippen LogP contribution < -0.4 is 10.3 Å². The molecule has 1 amide bonds. The van der Waals surface area contributed by atoms with Crippen LogP contribution in [0.1, 0.15) is 39.0 Å². The van der Waals surface area contributed by atoms with Gasteiger partial charge in [0, 0.05) is 11.1 Å². The summed E-state index contributed by atoms with van der Waals surface area (Å²) >= 11 is 6.21. The molecule has 150 valence electrons. The van der Waals surface area contributed by atoms with Crippen molar-refractivity contribution in [3.8, 4) is 0 Å². The molecule has 1 atom stereocenters. The molecular formula is C22H14ClFN2O4. The van der Waals surface area contributed by atoms with Crippen molar-refractivity contribution < 1.29 is 18.1 Å². The van der Waals surface area contributed by atoms with E-state index in [4.69, 9.17) is 20.5 Å². The summed E-state index contributed by atoms with van der Waals surface area (Å²) in [6.07, 6.45) is 0. The molecule has 3 heterocycles. The Kier molecular flexibility index (Phi) is 4.04. The van der Waals surface area contributed by atoms with Crippen molar-refractivity contribution in [1.82, 2.24) is 5.16 Å². The van der Waals surface area contributed by atoms with E-state index in [1.807, 2.05) is 0 Å². The highest BCUT2D eigenvalue weighted by Gasteiger charge is 2.45. The van der Waals surface area contributed by atoms with Crippen LogP contribution in [-0.4, -0.2) is 11.1 Å². The lowest BCUT2D eigenvalue weighted by molar-refractivity contribution is 0.0969. The molecule has 5 rings (SSSR count). The molecular weight excluding hydrogens is 411 g/mol. The molecule has 0 spiro atoms. The maximum atomic E-state index is 14.0. The molecule has 0 saturated carbocycles. The third-order valence-corrected chi connectivity index (χ3v) is 5.59. The normalized spacial score (nSPS) is 15.8. The van der Waals surface area contributed by atoms with Gasteiger partial charge in [-0.25, -0.2) is 4.39 Å². The maximum absolute atomic E-state index is 14.0. The van der Waals surface area contributed by atoms with E-state index in [-0.39, 0.29) is 28.1 Å². The number of nitrogens with zero attached hydrogens (tertiary/aromatic N) is 2. The van der Waals surface area contributed by atoms with Crippen molar-refractivity contribution in [2.75, 3.05) is 4.90 Å². The number of carbonyl (C=O) groups excluding carboxylic acids is 1. The molecule has 2 aromatic carbocycles. The molecule has 1 aliphatic rings. The summed E-state index contributed by atoms with van der Waals surface area (Å²) in [7, 11) is 0. The van der Waals surface area contributed by atoms with Crippen molar-refractivity contribution in [1.29, 1.82) is 0 Å². The van der Waals surface area contributed by atoms with Gasteiger partial charge in [0.05, 0.1) is 17.0 Å². The second-order valence-electron chi connectivity index (χ2n) is 7.20. The number of carbonyl (C=O) groups is 1. The van der Waals surface area contributed by atoms with Gasteiger partial charge in [0.15, 0.2) is 11.2 Å². The van der Waals surface area contributed by atoms with Crippen LogP contribution in [0, 0.1) is 19.7 Å². The smallest absolute Gasteiger partial charge is 0.296 e. The molecule has 0 N–H and O–H groups in total. The number of hydrogen-bond acceptors (Lipinski definition) is 5. The first-order chi connectivity index (χ1) is 14.3. The zero-order chi connectivity index (χ0) is 21.2. The number of benzene rings is 2. The van der Waals surface area contributed by atoms with E-state index in [9.17, 15) is 14.0 Å².